The first-order valence-electron chi connectivity index (χ1n) is 12.7. The molecule has 0 radical (unpaired) electrons. The average Bonchev–Trinajstić information content (AvgIpc) is 3.23. The number of hydrogen-bond donors (Lipinski definition) is 1. The highest BCUT2D eigenvalue weighted by Gasteiger charge is 2.39. The molecule has 37 heavy (non-hydrogen) atoms. The first-order valence-corrected chi connectivity index (χ1v) is 12.7. The van der Waals surface area contributed by atoms with Crippen molar-refractivity contribution in [1.82, 2.24) is 15.1 Å². The Hall–Kier alpha value is -3.90. The third kappa shape index (κ3) is 5.16. The third-order valence-electron chi connectivity index (χ3n) is 7.48. The van der Waals surface area contributed by atoms with Crippen LogP contribution in [0.1, 0.15) is 59.2 Å². The van der Waals surface area contributed by atoms with Crippen LogP contribution >= 0.6 is 0 Å². The van der Waals surface area contributed by atoms with Gasteiger partial charge in [0.2, 0.25) is 11.8 Å². The molecule has 0 aliphatic carbocycles. The lowest BCUT2D eigenvalue weighted by Crippen LogP contribution is -2.52. The Kier molecular flexibility index (Phi) is 7.10. The van der Waals surface area contributed by atoms with Crippen LogP contribution in [-0.2, 0) is 22.7 Å². The molecule has 1 N–H and O–H groups in total. The van der Waals surface area contributed by atoms with Gasteiger partial charge in [-0.15, -0.1) is 0 Å². The molecule has 2 aromatic rings. The number of hydrogen-bond acceptors (Lipinski definition) is 7. The summed E-state index contributed by atoms with van der Waals surface area (Å²) in [5.74, 6) is 0.512. The molecule has 5 rings (SSSR count). The monoisotopic (exact) mass is 502 g/mol. The van der Waals surface area contributed by atoms with Crippen molar-refractivity contribution < 1.29 is 23.9 Å². The molecular weight excluding hydrogens is 472 g/mol. The van der Waals surface area contributed by atoms with Crippen LogP contribution in [0.25, 0.3) is 0 Å². The van der Waals surface area contributed by atoms with Gasteiger partial charge < -0.3 is 14.4 Å². The van der Waals surface area contributed by atoms with Crippen molar-refractivity contribution in [1.29, 1.82) is 5.26 Å². The second-order valence-electron chi connectivity index (χ2n) is 9.79. The lowest BCUT2D eigenvalue weighted by Gasteiger charge is -2.35. The molecule has 2 atom stereocenters. The number of methoxy groups -OCH3 is 1. The molecule has 3 aliphatic heterocycles. The topological polar surface area (TPSA) is 112 Å². The van der Waals surface area contributed by atoms with Crippen molar-refractivity contribution >= 4 is 17.7 Å². The molecule has 192 valence electrons. The number of ether oxygens (including phenoxy) is 2. The number of imide groups is 1. The number of fused-ring (bicyclic) bond motifs is 1. The maximum absolute atomic E-state index is 12.9. The van der Waals surface area contributed by atoms with Crippen LogP contribution in [0.15, 0.2) is 36.4 Å². The van der Waals surface area contributed by atoms with Gasteiger partial charge in [0.05, 0.1) is 18.7 Å². The van der Waals surface area contributed by atoms with E-state index in [0.717, 1.165) is 36.9 Å². The maximum Gasteiger partial charge on any atom is 0.255 e. The Morgan fingerprint density at radius 2 is 1.97 bits per heavy atom. The van der Waals surface area contributed by atoms with Gasteiger partial charge >= 0.3 is 0 Å². The first-order chi connectivity index (χ1) is 18.0. The van der Waals surface area contributed by atoms with Gasteiger partial charge in [-0.1, -0.05) is 12.5 Å². The number of carbonyl (C=O) groups is 3. The first kappa shape index (κ1) is 24.8. The van der Waals surface area contributed by atoms with Crippen molar-refractivity contribution in [3.8, 4) is 17.6 Å². The Labute approximate surface area is 215 Å². The second-order valence-corrected chi connectivity index (χ2v) is 9.79. The SMILES string of the molecule is COc1cc(C#N)ccc1CN1CCCC[C@@H]1COc1ccc2c(c1)CN(C1CCC(=O)NC1=O)C2=O. The molecule has 2 saturated heterocycles. The molecule has 0 bridgehead atoms. The third-order valence-corrected chi connectivity index (χ3v) is 7.48. The zero-order valence-corrected chi connectivity index (χ0v) is 20.9. The Bertz CT molecular complexity index is 1270. The van der Waals surface area contributed by atoms with E-state index in [2.05, 4.69) is 16.3 Å². The number of rotatable bonds is 7. The van der Waals surface area contributed by atoms with E-state index in [1.165, 1.54) is 0 Å². The zero-order valence-electron chi connectivity index (χ0n) is 20.9. The number of benzene rings is 2. The predicted molar refractivity (Wildman–Crippen MR) is 134 cm³/mol. The Morgan fingerprint density at radius 1 is 1.11 bits per heavy atom. The van der Waals surface area contributed by atoms with E-state index < -0.39 is 11.9 Å². The smallest absolute Gasteiger partial charge is 0.255 e. The molecule has 2 aromatic carbocycles. The second kappa shape index (κ2) is 10.6. The minimum atomic E-state index is -0.628. The van der Waals surface area contributed by atoms with Gasteiger partial charge in [0.15, 0.2) is 0 Å². The van der Waals surface area contributed by atoms with Crippen molar-refractivity contribution in [3.05, 3.63) is 58.7 Å². The summed E-state index contributed by atoms with van der Waals surface area (Å²) >= 11 is 0. The maximum atomic E-state index is 12.9. The quantitative estimate of drug-likeness (QED) is 0.580. The Balaban J connectivity index is 1.24. The molecule has 9 nitrogen and oxygen atoms in total. The minimum absolute atomic E-state index is 0.189. The van der Waals surface area contributed by atoms with E-state index in [-0.39, 0.29) is 24.3 Å². The van der Waals surface area contributed by atoms with Gasteiger partial charge in [-0.3, -0.25) is 24.6 Å². The molecule has 1 unspecified atom stereocenters. The van der Waals surface area contributed by atoms with E-state index >= 15 is 0 Å². The van der Waals surface area contributed by atoms with E-state index in [9.17, 15) is 19.6 Å². The summed E-state index contributed by atoms with van der Waals surface area (Å²) in [7, 11) is 1.62. The van der Waals surface area contributed by atoms with Gasteiger partial charge in [-0.2, -0.15) is 5.26 Å². The van der Waals surface area contributed by atoms with Gasteiger partial charge in [-0.25, -0.2) is 0 Å². The van der Waals surface area contributed by atoms with Crippen molar-refractivity contribution in [2.45, 2.75) is 57.3 Å². The molecule has 9 heteroatoms. The lowest BCUT2D eigenvalue weighted by molar-refractivity contribution is -0.136. The fraction of sp³-hybridized carbons (Fsp3) is 0.429. The number of nitrogens with zero attached hydrogens (tertiary/aromatic N) is 3. The largest absolute Gasteiger partial charge is 0.496 e. The predicted octanol–water partition coefficient (Wildman–Crippen LogP) is 2.76. The van der Waals surface area contributed by atoms with Crippen LogP contribution in [-0.4, -0.2) is 59.9 Å². The molecule has 0 aromatic heterocycles. The number of nitrogens with one attached hydrogen (secondary N) is 1. The van der Waals surface area contributed by atoms with Crippen molar-refractivity contribution in [2.75, 3.05) is 20.3 Å². The minimum Gasteiger partial charge on any atom is -0.496 e. The fourth-order valence-electron chi connectivity index (χ4n) is 5.45. The van der Waals surface area contributed by atoms with Crippen LogP contribution < -0.4 is 14.8 Å². The van der Waals surface area contributed by atoms with Crippen LogP contribution in [0.4, 0.5) is 0 Å². The molecule has 3 heterocycles. The Morgan fingerprint density at radius 3 is 2.76 bits per heavy atom. The molecular formula is C28H30N4O5. The normalized spacial score (nSPS) is 21.8. The zero-order chi connectivity index (χ0) is 25.9. The molecule has 0 spiro atoms. The van der Waals surface area contributed by atoms with E-state index in [1.54, 1.807) is 24.1 Å². The number of piperidine rings is 2. The van der Waals surface area contributed by atoms with Crippen LogP contribution in [0.5, 0.6) is 11.5 Å². The van der Waals surface area contributed by atoms with Crippen molar-refractivity contribution in [3.63, 3.8) is 0 Å². The van der Waals surface area contributed by atoms with Crippen LogP contribution in [0.2, 0.25) is 0 Å². The summed E-state index contributed by atoms with van der Waals surface area (Å²) in [6.07, 6.45) is 3.85. The van der Waals surface area contributed by atoms with E-state index in [0.29, 0.717) is 48.7 Å². The highest BCUT2D eigenvalue weighted by Crippen LogP contribution is 2.31. The molecule has 3 aliphatic rings. The van der Waals surface area contributed by atoms with Crippen LogP contribution in [0.3, 0.4) is 0 Å². The van der Waals surface area contributed by atoms with E-state index in [4.69, 9.17) is 9.47 Å². The summed E-state index contributed by atoms with van der Waals surface area (Å²) in [5, 5.41) is 11.5. The van der Waals surface area contributed by atoms with Gasteiger partial charge in [0.25, 0.3) is 5.91 Å². The summed E-state index contributed by atoms with van der Waals surface area (Å²) in [5.41, 5.74) is 3.02. The molecule has 0 saturated carbocycles. The van der Waals surface area contributed by atoms with Crippen molar-refractivity contribution in [2.24, 2.45) is 0 Å². The fourth-order valence-corrected chi connectivity index (χ4v) is 5.45. The number of amides is 3. The summed E-state index contributed by atoms with van der Waals surface area (Å²) in [6, 6.07) is 12.8. The van der Waals surface area contributed by atoms with Gasteiger partial charge in [0.1, 0.15) is 24.1 Å². The molecule has 2 fully saturated rings. The lowest BCUT2D eigenvalue weighted by atomic mass is 10.0. The van der Waals surface area contributed by atoms with Gasteiger partial charge in [0, 0.05) is 36.7 Å². The number of likely N-dealkylation sites (tertiary alicyclic amines) is 1. The van der Waals surface area contributed by atoms with Crippen LogP contribution in [0, 0.1) is 11.3 Å². The summed E-state index contributed by atoms with van der Waals surface area (Å²) in [6.45, 7) is 2.51. The highest BCUT2D eigenvalue weighted by atomic mass is 16.5. The summed E-state index contributed by atoms with van der Waals surface area (Å²) in [4.78, 5) is 40.7. The molecule has 3 amide bonds. The van der Waals surface area contributed by atoms with E-state index in [1.807, 2.05) is 24.3 Å². The number of carbonyl (C=O) groups excluding carboxylic acids is 3. The van der Waals surface area contributed by atoms with Gasteiger partial charge in [-0.05, 0) is 61.7 Å². The average molecular weight is 503 g/mol. The highest BCUT2D eigenvalue weighted by molar-refractivity contribution is 6.05. The standard InChI is InChI=1S/C28H30N4O5/c1-36-25-12-18(14-29)5-6-19(25)15-31-11-3-2-4-21(31)17-37-22-7-8-23-20(13-22)16-32(28(23)35)24-9-10-26(33)30-27(24)34/h5-8,12-13,21,24H,2-4,9-11,15-17H2,1H3,(H,30,33,34)/t21-,24?/m1/s1. The number of nitriles is 1. The summed E-state index contributed by atoms with van der Waals surface area (Å²) < 4.78 is 11.7.